The molecular weight excluding hydrogens is 364 g/mol. The fraction of sp³-hybridized carbons (Fsp3) is 0.727. The first-order valence-electron chi connectivity index (χ1n) is 11.3. The second-order valence-electron chi connectivity index (χ2n) is 8.36. The van der Waals surface area contributed by atoms with Gasteiger partial charge in [-0.25, -0.2) is 4.98 Å². The third-order valence-corrected chi connectivity index (χ3v) is 6.61. The Labute approximate surface area is 175 Å². The molecule has 3 saturated heterocycles. The Morgan fingerprint density at radius 2 is 1.86 bits per heavy atom. The number of nitrogens with zero attached hydrogens (tertiary/aromatic N) is 5. The summed E-state index contributed by atoms with van der Waals surface area (Å²) in [6.07, 6.45) is 6.72. The number of aliphatic imine (C=N–C) groups is 1. The lowest BCUT2D eigenvalue weighted by molar-refractivity contribution is -0.0139. The molecular formula is C22H36N6O. The van der Waals surface area contributed by atoms with Crippen molar-refractivity contribution in [2.45, 2.75) is 38.1 Å². The Kier molecular flexibility index (Phi) is 6.87. The van der Waals surface area contributed by atoms with E-state index in [9.17, 15) is 0 Å². The second kappa shape index (κ2) is 9.76. The van der Waals surface area contributed by atoms with Crippen molar-refractivity contribution in [3.05, 3.63) is 24.4 Å². The molecule has 7 nitrogen and oxygen atoms in total. The minimum atomic E-state index is 0.186. The van der Waals surface area contributed by atoms with Crippen LogP contribution in [0.25, 0.3) is 0 Å². The molecule has 0 saturated carbocycles. The molecule has 3 aliphatic heterocycles. The van der Waals surface area contributed by atoms with Crippen molar-refractivity contribution < 1.29 is 4.74 Å². The van der Waals surface area contributed by atoms with E-state index in [1.165, 1.54) is 25.9 Å². The van der Waals surface area contributed by atoms with E-state index in [2.05, 4.69) is 44.1 Å². The minimum absolute atomic E-state index is 0.186. The molecule has 3 fully saturated rings. The number of aromatic nitrogens is 1. The van der Waals surface area contributed by atoms with Gasteiger partial charge in [0, 0.05) is 57.7 Å². The van der Waals surface area contributed by atoms with Crippen molar-refractivity contribution in [1.29, 1.82) is 0 Å². The fourth-order valence-corrected chi connectivity index (χ4v) is 4.85. The molecule has 0 amide bonds. The van der Waals surface area contributed by atoms with E-state index >= 15 is 0 Å². The summed E-state index contributed by atoms with van der Waals surface area (Å²) in [5.41, 5.74) is 0.186. The highest BCUT2D eigenvalue weighted by molar-refractivity contribution is 5.80. The van der Waals surface area contributed by atoms with Gasteiger partial charge in [0.1, 0.15) is 5.82 Å². The zero-order valence-corrected chi connectivity index (χ0v) is 17.9. The Hall–Kier alpha value is -1.86. The third-order valence-electron chi connectivity index (χ3n) is 6.61. The number of likely N-dealkylation sites (tertiary alicyclic amines) is 1. The first-order chi connectivity index (χ1) is 14.3. The zero-order chi connectivity index (χ0) is 19.9. The van der Waals surface area contributed by atoms with E-state index < -0.39 is 0 Å². The molecule has 0 atom stereocenters. The predicted octanol–water partition coefficient (Wildman–Crippen LogP) is 1.81. The molecule has 0 unspecified atom stereocenters. The molecule has 1 aromatic rings. The van der Waals surface area contributed by atoms with Crippen molar-refractivity contribution in [3.8, 4) is 0 Å². The molecule has 4 rings (SSSR count). The van der Waals surface area contributed by atoms with Gasteiger partial charge in [-0.15, -0.1) is 0 Å². The summed E-state index contributed by atoms with van der Waals surface area (Å²) >= 11 is 0. The average molecular weight is 401 g/mol. The van der Waals surface area contributed by atoms with Crippen LogP contribution in [0, 0.1) is 0 Å². The highest BCUT2D eigenvalue weighted by atomic mass is 16.5. The molecule has 0 bridgehead atoms. The summed E-state index contributed by atoms with van der Waals surface area (Å²) in [4.78, 5) is 17.2. The van der Waals surface area contributed by atoms with Crippen LogP contribution in [0.4, 0.5) is 5.82 Å². The lowest BCUT2D eigenvalue weighted by atomic mass is 9.88. The summed E-state index contributed by atoms with van der Waals surface area (Å²) in [7, 11) is 0. The number of pyridine rings is 1. The number of rotatable bonds is 5. The zero-order valence-electron chi connectivity index (χ0n) is 17.9. The van der Waals surface area contributed by atoms with Gasteiger partial charge in [0.05, 0.1) is 6.54 Å². The summed E-state index contributed by atoms with van der Waals surface area (Å²) in [6.45, 7) is 12.0. The molecule has 1 aromatic heterocycles. The van der Waals surface area contributed by atoms with Gasteiger partial charge in [-0.05, 0) is 57.8 Å². The van der Waals surface area contributed by atoms with Gasteiger partial charge < -0.3 is 19.9 Å². The molecule has 7 heteroatoms. The fourth-order valence-electron chi connectivity index (χ4n) is 4.85. The van der Waals surface area contributed by atoms with Crippen molar-refractivity contribution >= 4 is 11.8 Å². The monoisotopic (exact) mass is 400 g/mol. The summed E-state index contributed by atoms with van der Waals surface area (Å²) < 4.78 is 5.70. The third kappa shape index (κ3) is 4.83. The average Bonchev–Trinajstić information content (AvgIpc) is 3.34. The maximum Gasteiger partial charge on any atom is 0.194 e. The van der Waals surface area contributed by atoms with E-state index in [1.54, 1.807) is 0 Å². The summed E-state index contributed by atoms with van der Waals surface area (Å²) in [5, 5.41) is 3.55. The smallest absolute Gasteiger partial charge is 0.194 e. The number of ether oxygens (including phenoxy) is 1. The first-order valence-corrected chi connectivity index (χ1v) is 11.3. The van der Waals surface area contributed by atoms with Crippen LogP contribution in [0.5, 0.6) is 0 Å². The molecule has 0 spiro atoms. The molecule has 0 radical (unpaired) electrons. The molecule has 160 valence electrons. The van der Waals surface area contributed by atoms with Crippen LogP contribution in [-0.4, -0.2) is 91.9 Å². The Morgan fingerprint density at radius 3 is 2.52 bits per heavy atom. The number of hydrogen-bond donors (Lipinski definition) is 1. The van der Waals surface area contributed by atoms with E-state index in [1.807, 2.05) is 12.3 Å². The van der Waals surface area contributed by atoms with Gasteiger partial charge in [-0.2, -0.15) is 0 Å². The van der Waals surface area contributed by atoms with Crippen LogP contribution in [-0.2, 0) is 4.74 Å². The highest BCUT2D eigenvalue weighted by Crippen LogP contribution is 2.31. The van der Waals surface area contributed by atoms with Crippen LogP contribution in [0.1, 0.15) is 32.6 Å². The second-order valence-corrected chi connectivity index (χ2v) is 8.36. The van der Waals surface area contributed by atoms with Gasteiger partial charge in [0.2, 0.25) is 0 Å². The normalized spacial score (nSPS) is 23.4. The van der Waals surface area contributed by atoms with Gasteiger partial charge in [-0.1, -0.05) is 6.07 Å². The number of guanidine groups is 1. The largest absolute Gasteiger partial charge is 0.381 e. The molecule has 4 heterocycles. The van der Waals surface area contributed by atoms with Gasteiger partial charge >= 0.3 is 0 Å². The van der Waals surface area contributed by atoms with Crippen LogP contribution in [0.2, 0.25) is 0 Å². The van der Waals surface area contributed by atoms with Crippen molar-refractivity contribution in [3.63, 3.8) is 0 Å². The topological polar surface area (TPSA) is 56.2 Å². The lowest BCUT2D eigenvalue weighted by Gasteiger charge is -2.44. The van der Waals surface area contributed by atoms with Gasteiger partial charge in [0.15, 0.2) is 5.96 Å². The SMILES string of the molecule is CCNC(=NCC1(N2CCCC2)CCOCC1)N1CCN(c2ccccn2)CC1. The first kappa shape index (κ1) is 20.4. The lowest BCUT2D eigenvalue weighted by Crippen LogP contribution is -2.55. The van der Waals surface area contributed by atoms with E-state index in [-0.39, 0.29) is 5.54 Å². The van der Waals surface area contributed by atoms with Crippen molar-refractivity contribution in [2.24, 2.45) is 4.99 Å². The minimum Gasteiger partial charge on any atom is -0.381 e. The van der Waals surface area contributed by atoms with Crippen LogP contribution >= 0.6 is 0 Å². The van der Waals surface area contributed by atoms with Crippen LogP contribution < -0.4 is 10.2 Å². The maximum atomic E-state index is 5.70. The summed E-state index contributed by atoms with van der Waals surface area (Å²) in [6, 6.07) is 6.13. The van der Waals surface area contributed by atoms with E-state index in [0.29, 0.717) is 0 Å². The van der Waals surface area contributed by atoms with Crippen LogP contribution in [0.3, 0.4) is 0 Å². The van der Waals surface area contributed by atoms with Crippen LogP contribution in [0.15, 0.2) is 29.4 Å². The Bertz CT molecular complexity index is 647. The molecule has 1 N–H and O–H groups in total. The van der Waals surface area contributed by atoms with Crippen molar-refractivity contribution in [2.75, 3.05) is 70.5 Å². The maximum absolute atomic E-state index is 5.70. The van der Waals surface area contributed by atoms with E-state index in [0.717, 1.165) is 77.1 Å². The highest BCUT2D eigenvalue weighted by Gasteiger charge is 2.39. The Morgan fingerprint density at radius 1 is 1.10 bits per heavy atom. The number of nitrogens with one attached hydrogen (secondary N) is 1. The van der Waals surface area contributed by atoms with Gasteiger partial charge in [-0.3, -0.25) is 9.89 Å². The van der Waals surface area contributed by atoms with Crippen molar-refractivity contribution in [1.82, 2.24) is 20.1 Å². The number of piperazine rings is 1. The molecule has 0 aromatic carbocycles. The molecule has 0 aliphatic carbocycles. The standard InChI is InChI=1S/C22H36N6O/c1-2-23-21(27-15-13-26(14-16-27)20-7-3-4-10-24-20)25-19-22(8-17-29-18-9-22)28-11-5-6-12-28/h3-4,7,10H,2,5-6,8-9,11-19H2,1H3,(H,23,25). The molecule has 29 heavy (non-hydrogen) atoms. The number of anilines is 1. The predicted molar refractivity (Wildman–Crippen MR) is 118 cm³/mol. The molecule has 3 aliphatic rings. The summed E-state index contributed by atoms with van der Waals surface area (Å²) in [5.74, 6) is 2.14. The number of hydrogen-bond acceptors (Lipinski definition) is 5. The van der Waals surface area contributed by atoms with Gasteiger partial charge in [0.25, 0.3) is 0 Å². The quantitative estimate of drug-likeness (QED) is 0.601. The Balaban J connectivity index is 1.42. The van der Waals surface area contributed by atoms with E-state index in [4.69, 9.17) is 9.73 Å².